The van der Waals surface area contributed by atoms with Gasteiger partial charge in [-0.15, -0.1) is 0 Å². The lowest BCUT2D eigenvalue weighted by Gasteiger charge is -2.06. The molecule has 0 spiro atoms. The molecular weight excluding hydrogens is 208 g/mol. The standard InChI is InChI=1S/C16H16O/c1-14(12-15-8-4-2-5-9-15)17-13-16-10-6-3-7-11-16/h2-12H,13H2,1H3/b14-12-. The summed E-state index contributed by atoms with van der Waals surface area (Å²) in [4.78, 5) is 0. The Hall–Kier alpha value is -2.02. The van der Waals surface area contributed by atoms with Crippen molar-refractivity contribution in [2.24, 2.45) is 0 Å². The highest BCUT2D eigenvalue weighted by Crippen LogP contribution is 2.10. The topological polar surface area (TPSA) is 9.23 Å². The average molecular weight is 224 g/mol. The Morgan fingerprint density at radius 2 is 1.53 bits per heavy atom. The fourth-order valence-corrected chi connectivity index (χ4v) is 1.60. The van der Waals surface area contributed by atoms with Crippen LogP contribution in [0.25, 0.3) is 6.08 Å². The number of allylic oxidation sites excluding steroid dienone is 1. The summed E-state index contributed by atoms with van der Waals surface area (Å²) >= 11 is 0. The van der Waals surface area contributed by atoms with E-state index < -0.39 is 0 Å². The van der Waals surface area contributed by atoms with Crippen LogP contribution in [-0.4, -0.2) is 0 Å². The summed E-state index contributed by atoms with van der Waals surface area (Å²) < 4.78 is 5.69. The van der Waals surface area contributed by atoms with Gasteiger partial charge < -0.3 is 4.74 Å². The van der Waals surface area contributed by atoms with Crippen molar-refractivity contribution in [3.63, 3.8) is 0 Å². The molecule has 0 saturated heterocycles. The smallest absolute Gasteiger partial charge is 0.113 e. The molecule has 0 aliphatic rings. The molecule has 0 unspecified atom stereocenters. The lowest BCUT2D eigenvalue weighted by atomic mass is 10.2. The Labute approximate surface area is 102 Å². The van der Waals surface area contributed by atoms with Gasteiger partial charge in [0, 0.05) is 0 Å². The van der Waals surface area contributed by atoms with E-state index in [9.17, 15) is 0 Å². The predicted molar refractivity (Wildman–Crippen MR) is 71.3 cm³/mol. The molecular formula is C16H16O. The highest BCUT2D eigenvalue weighted by molar-refractivity contribution is 5.50. The van der Waals surface area contributed by atoms with E-state index in [4.69, 9.17) is 4.74 Å². The highest BCUT2D eigenvalue weighted by Gasteiger charge is 1.94. The zero-order valence-corrected chi connectivity index (χ0v) is 9.97. The maximum atomic E-state index is 5.69. The van der Waals surface area contributed by atoms with Gasteiger partial charge in [0.15, 0.2) is 0 Å². The minimum atomic E-state index is 0.621. The van der Waals surface area contributed by atoms with Gasteiger partial charge in [-0.2, -0.15) is 0 Å². The first-order valence-corrected chi connectivity index (χ1v) is 5.75. The van der Waals surface area contributed by atoms with E-state index in [2.05, 4.69) is 24.3 Å². The van der Waals surface area contributed by atoms with E-state index in [1.807, 2.05) is 49.4 Å². The highest BCUT2D eigenvalue weighted by atomic mass is 16.5. The van der Waals surface area contributed by atoms with Crippen LogP contribution in [0.5, 0.6) is 0 Å². The number of benzene rings is 2. The maximum Gasteiger partial charge on any atom is 0.113 e. The molecule has 2 aromatic rings. The van der Waals surface area contributed by atoms with Crippen LogP contribution in [0.4, 0.5) is 0 Å². The Morgan fingerprint density at radius 3 is 2.18 bits per heavy atom. The van der Waals surface area contributed by atoms with Gasteiger partial charge in [-0.25, -0.2) is 0 Å². The summed E-state index contributed by atoms with van der Waals surface area (Å²) in [7, 11) is 0. The van der Waals surface area contributed by atoms with Gasteiger partial charge in [0.1, 0.15) is 6.61 Å². The largest absolute Gasteiger partial charge is 0.494 e. The molecule has 2 aromatic carbocycles. The van der Waals surface area contributed by atoms with Crippen molar-refractivity contribution in [1.82, 2.24) is 0 Å². The van der Waals surface area contributed by atoms with Crippen LogP contribution >= 0.6 is 0 Å². The predicted octanol–water partition coefficient (Wildman–Crippen LogP) is 4.26. The second-order valence-corrected chi connectivity index (χ2v) is 3.94. The van der Waals surface area contributed by atoms with E-state index in [1.54, 1.807) is 0 Å². The normalized spacial score (nSPS) is 11.2. The van der Waals surface area contributed by atoms with Crippen LogP contribution in [0.15, 0.2) is 66.4 Å². The molecule has 1 heteroatoms. The first-order valence-electron chi connectivity index (χ1n) is 5.75. The fraction of sp³-hybridized carbons (Fsp3) is 0.125. The van der Waals surface area contributed by atoms with Gasteiger partial charge >= 0.3 is 0 Å². The van der Waals surface area contributed by atoms with Gasteiger partial charge in [0.2, 0.25) is 0 Å². The van der Waals surface area contributed by atoms with Crippen molar-refractivity contribution in [3.8, 4) is 0 Å². The number of ether oxygens (including phenoxy) is 1. The Morgan fingerprint density at radius 1 is 0.941 bits per heavy atom. The summed E-state index contributed by atoms with van der Waals surface area (Å²) in [6, 6.07) is 20.4. The molecule has 1 nitrogen and oxygen atoms in total. The molecule has 0 N–H and O–H groups in total. The lowest BCUT2D eigenvalue weighted by molar-refractivity contribution is 0.204. The summed E-state index contributed by atoms with van der Waals surface area (Å²) in [5.41, 5.74) is 2.35. The Bertz CT molecular complexity index is 471. The third kappa shape index (κ3) is 3.80. The van der Waals surface area contributed by atoms with E-state index >= 15 is 0 Å². The SMILES string of the molecule is C/C(=C/c1ccccc1)OCc1ccccc1. The fourth-order valence-electron chi connectivity index (χ4n) is 1.60. The van der Waals surface area contributed by atoms with E-state index in [0.717, 1.165) is 11.3 Å². The summed E-state index contributed by atoms with van der Waals surface area (Å²) in [6.45, 7) is 2.60. The van der Waals surface area contributed by atoms with Crippen molar-refractivity contribution in [3.05, 3.63) is 77.5 Å². The molecule has 0 aliphatic carbocycles. The quantitative estimate of drug-likeness (QED) is 0.705. The first kappa shape index (κ1) is 11.5. The van der Waals surface area contributed by atoms with Crippen LogP contribution in [0.1, 0.15) is 18.1 Å². The first-order chi connectivity index (χ1) is 8.34. The molecule has 0 saturated carbocycles. The van der Waals surface area contributed by atoms with Crippen molar-refractivity contribution in [2.75, 3.05) is 0 Å². The van der Waals surface area contributed by atoms with Crippen molar-refractivity contribution in [1.29, 1.82) is 0 Å². The minimum Gasteiger partial charge on any atom is -0.494 e. The van der Waals surface area contributed by atoms with Gasteiger partial charge in [-0.1, -0.05) is 60.7 Å². The van der Waals surface area contributed by atoms with Crippen molar-refractivity contribution >= 4 is 6.08 Å². The van der Waals surface area contributed by atoms with Crippen LogP contribution in [0.2, 0.25) is 0 Å². The summed E-state index contributed by atoms with van der Waals surface area (Å²) in [5, 5.41) is 0. The Kier molecular flexibility index (Phi) is 3.98. The number of rotatable bonds is 4. The van der Waals surface area contributed by atoms with E-state index in [-0.39, 0.29) is 0 Å². The van der Waals surface area contributed by atoms with Crippen LogP contribution in [0, 0.1) is 0 Å². The molecule has 0 heterocycles. The van der Waals surface area contributed by atoms with Crippen LogP contribution < -0.4 is 0 Å². The zero-order chi connectivity index (χ0) is 11.9. The van der Waals surface area contributed by atoms with Crippen LogP contribution in [-0.2, 0) is 11.3 Å². The Balaban J connectivity index is 1.94. The van der Waals surface area contributed by atoms with Crippen LogP contribution in [0.3, 0.4) is 0 Å². The summed E-state index contributed by atoms with van der Waals surface area (Å²) in [5.74, 6) is 0.931. The van der Waals surface area contributed by atoms with Gasteiger partial charge in [0.05, 0.1) is 5.76 Å². The van der Waals surface area contributed by atoms with Crippen molar-refractivity contribution < 1.29 is 4.74 Å². The molecule has 0 atom stereocenters. The summed E-state index contributed by atoms with van der Waals surface area (Å²) in [6.07, 6.45) is 2.04. The zero-order valence-electron chi connectivity index (χ0n) is 9.97. The van der Waals surface area contributed by atoms with Crippen molar-refractivity contribution in [2.45, 2.75) is 13.5 Å². The molecule has 0 fully saturated rings. The van der Waals surface area contributed by atoms with Gasteiger partial charge in [0.25, 0.3) is 0 Å². The van der Waals surface area contributed by atoms with E-state index in [1.165, 1.54) is 5.56 Å². The van der Waals surface area contributed by atoms with E-state index in [0.29, 0.717) is 6.61 Å². The van der Waals surface area contributed by atoms with Gasteiger partial charge in [-0.3, -0.25) is 0 Å². The molecule has 17 heavy (non-hydrogen) atoms. The third-order valence-electron chi connectivity index (χ3n) is 2.48. The molecule has 2 rings (SSSR count). The average Bonchev–Trinajstić information content (AvgIpc) is 2.39. The second kappa shape index (κ2) is 5.90. The monoisotopic (exact) mass is 224 g/mol. The molecule has 0 radical (unpaired) electrons. The third-order valence-corrected chi connectivity index (χ3v) is 2.48. The molecule has 0 aliphatic heterocycles. The molecule has 0 bridgehead atoms. The number of hydrogen-bond acceptors (Lipinski definition) is 1. The van der Waals surface area contributed by atoms with Gasteiger partial charge in [-0.05, 0) is 24.1 Å². The minimum absolute atomic E-state index is 0.621. The maximum absolute atomic E-state index is 5.69. The molecule has 86 valence electrons. The molecule has 0 aromatic heterocycles. The second-order valence-electron chi connectivity index (χ2n) is 3.94. The number of hydrogen-bond donors (Lipinski definition) is 0. The lowest BCUT2D eigenvalue weighted by Crippen LogP contribution is -1.90. The molecule has 0 amide bonds.